The number of aromatic nitrogens is 1. The lowest BCUT2D eigenvalue weighted by Crippen LogP contribution is -2.33. The van der Waals surface area contributed by atoms with Crippen LogP contribution in [0.3, 0.4) is 0 Å². The summed E-state index contributed by atoms with van der Waals surface area (Å²) in [6, 6.07) is 4.07. The minimum Gasteiger partial charge on any atom is -0.479 e. The summed E-state index contributed by atoms with van der Waals surface area (Å²) in [5.74, 6) is 1.29. The third kappa shape index (κ3) is 3.26. The van der Waals surface area contributed by atoms with E-state index in [0.29, 0.717) is 17.6 Å². The molecule has 0 radical (unpaired) electrons. The highest BCUT2D eigenvalue weighted by Crippen LogP contribution is 2.20. The molecule has 3 N–H and O–H groups in total. The Morgan fingerprint density at radius 1 is 1.44 bits per heavy atom. The van der Waals surface area contributed by atoms with E-state index in [4.69, 9.17) is 10.5 Å². The lowest BCUT2D eigenvalue weighted by molar-refractivity contribution is 0.327. The zero-order valence-corrected chi connectivity index (χ0v) is 11.1. The zero-order valence-electron chi connectivity index (χ0n) is 11.1. The quantitative estimate of drug-likeness (QED) is 0.830. The minimum absolute atomic E-state index is 0.365. The van der Waals surface area contributed by atoms with Gasteiger partial charge in [0.05, 0.1) is 12.8 Å². The molecule has 0 aromatic carbocycles. The number of nitrogen functional groups attached to an aromatic ring is 1. The second-order valence-electron chi connectivity index (χ2n) is 4.85. The second kappa shape index (κ2) is 5.91. The maximum atomic E-state index is 5.74. The monoisotopic (exact) mass is 250 g/mol. The molecule has 2 heterocycles. The van der Waals surface area contributed by atoms with Crippen LogP contribution in [-0.2, 0) is 0 Å². The standard InChI is InChI=1S/C13H22N4O/c1-10(9-17-7-3-4-8-17)15-12-6-5-11(14)13(16-12)18-2/h5-6,10H,3-4,7-9,14H2,1-2H3,(H,15,16). The average molecular weight is 250 g/mol. The van der Waals surface area contributed by atoms with Crippen molar-refractivity contribution in [1.29, 1.82) is 0 Å². The molecule has 18 heavy (non-hydrogen) atoms. The summed E-state index contributed by atoms with van der Waals surface area (Å²) in [6.07, 6.45) is 2.64. The van der Waals surface area contributed by atoms with Gasteiger partial charge in [-0.15, -0.1) is 0 Å². The molecule has 1 aromatic heterocycles. The normalized spacial score (nSPS) is 17.7. The van der Waals surface area contributed by atoms with Crippen LogP contribution in [0.25, 0.3) is 0 Å². The molecule has 1 aromatic rings. The molecule has 0 amide bonds. The summed E-state index contributed by atoms with van der Waals surface area (Å²) in [6.45, 7) is 5.65. The van der Waals surface area contributed by atoms with Gasteiger partial charge in [-0.2, -0.15) is 4.98 Å². The van der Waals surface area contributed by atoms with Crippen LogP contribution >= 0.6 is 0 Å². The highest BCUT2D eigenvalue weighted by atomic mass is 16.5. The molecular weight excluding hydrogens is 228 g/mol. The van der Waals surface area contributed by atoms with Crippen molar-refractivity contribution in [3.8, 4) is 5.88 Å². The van der Waals surface area contributed by atoms with Crippen LogP contribution in [-0.4, -0.2) is 42.7 Å². The molecule has 1 unspecified atom stereocenters. The molecule has 5 heteroatoms. The third-order valence-corrected chi connectivity index (χ3v) is 3.21. The van der Waals surface area contributed by atoms with E-state index in [9.17, 15) is 0 Å². The number of likely N-dealkylation sites (tertiary alicyclic amines) is 1. The van der Waals surface area contributed by atoms with E-state index in [2.05, 4.69) is 22.1 Å². The first-order valence-corrected chi connectivity index (χ1v) is 6.48. The Hall–Kier alpha value is -1.49. The van der Waals surface area contributed by atoms with Crippen LogP contribution in [0.2, 0.25) is 0 Å². The highest BCUT2D eigenvalue weighted by Gasteiger charge is 2.15. The van der Waals surface area contributed by atoms with Crippen molar-refractivity contribution >= 4 is 11.5 Å². The number of nitrogens with two attached hydrogens (primary N) is 1. The predicted molar refractivity (Wildman–Crippen MR) is 74.0 cm³/mol. The number of pyridine rings is 1. The smallest absolute Gasteiger partial charge is 0.238 e. The SMILES string of the molecule is COc1nc(NC(C)CN2CCCC2)ccc1N. The van der Waals surface area contributed by atoms with Gasteiger partial charge in [0.25, 0.3) is 0 Å². The summed E-state index contributed by atoms with van der Waals surface area (Å²) < 4.78 is 5.11. The van der Waals surface area contributed by atoms with Gasteiger partial charge in [0.2, 0.25) is 5.88 Å². The van der Waals surface area contributed by atoms with Gasteiger partial charge in [-0.25, -0.2) is 0 Å². The number of methoxy groups -OCH3 is 1. The van der Waals surface area contributed by atoms with Crippen molar-refractivity contribution in [2.24, 2.45) is 0 Å². The third-order valence-electron chi connectivity index (χ3n) is 3.21. The molecule has 1 saturated heterocycles. The van der Waals surface area contributed by atoms with Gasteiger partial charge in [0.1, 0.15) is 5.82 Å². The summed E-state index contributed by atoms with van der Waals surface area (Å²) in [7, 11) is 1.58. The second-order valence-corrected chi connectivity index (χ2v) is 4.85. The maximum absolute atomic E-state index is 5.74. The number of nitrogens with zero attached hydrogens (tertiary/aromatic N) is 2. The molecule has 0 aliphatic carbocycles. The van der Waals surface area contributed by atoms with Crippen LogP contribution < -0.4 is 15.8 Å². The Balaban J connectivity index is 1.91. The number of nitrogens with one attached hydrogen (secondary N) is 1. The van der Waals surface area contributed by atoms with Gasteiger partial charge >= 0.3 is 0 Å². The number of rotatable bonds is 5. The molecule has 0 spiro atoms. The summed E-state index contributed by atoms with van der Waals surface area (Å²) in [4.78, 5) is 6.81. The topological polar surface area (TPSA) is 63.4 Å². The van der Waals surface area contributed by atoms with Crippen LogP contribution in [0.15, 0.2) is 12.1 Å². The number of anilines is 2. The Morgan fingerprint density at radius 3 is 2.83 bits per heavy atom. The van der Waals surface area contributed by atoms with Gasteiger partial charge < -0.3 is 20.7 Å². The van der Waals surface area contributed by atoms with Crippen molar-refractivity contribution in [3.63, 3.8) is 0 Å². The van der Waals surface area contributed by atoms with E-state index in [1.807, 2.05) is 12.1 Å². The molecule has 100 valence electrons. The molecule has 1 atom stereocenters. The van der Waals surface area contributed by atoms with Gasteiger partial charge in [-0.1, -0.05) is 0 Å². The molecule has 2 rings (SSSR count). The van der Waals surface area contributed by atoms with Gasteiger partial charge in [0, 0.05) is 12.6 Å². The fourth-order valence-electron chi connectivity index (χ4n) is 2.35. The van der Waals surface area contributed by atoms with Crippen LogP contribution in [0.5, 0.6) is 5.88 Å². The first-order valence-electron chi connectivity index (χ1n) is 6.48. The summed E-state index contributed by atoms with van der Waals surface area (Å²) in [5, 5.41) is 3.38. The van der Waals surface area contributed by atoms with Crippen LogP contribution in [0, 0.1) is 0 Å². The Morgan fingerprint density at radius 2 is 2.17 bits per heavy atom. The summed E-state index contributed by atoms with van der Waals surface area (Å²) in [5.41, 5.74) is 6.30. The van der Waals surface area contributed by atoms with Crippen LogP contribution in [0.1, 0.15) is 19.8 Å². The lowest BCUT2D eigenvalue weighted by atomic mass is 10.3. The van der Waals surface area contributed by atoms with Crippen molar-refractivity contribution in [2.75, 3.05) is 37.8 Å². The van der Waals surface area contributed by atoms with Crippen molar-refractivity contribution in [1.82, 2.24) is 9.88 Å². The number of hydrogen-bond donors (Lipinski definition) is 2. The van der Waals surface area contributed by atoms with Crippen molar-refractivity contribution < 1.29 is 4.74 Å². The first-order chi connectivity index (χ1) is 8.69. The van der Waals surface area contributed by atoms with Gasteiger partial charge in [-0.3, -0.25) is 0 Å². The van der Waals surface area contributed by atoms with Crippen LogP contribution in [0.4, 0.5) is 11.5 Å². The fourth-order valence-corrected chi connectivity index (χ4v) is 2.35. The van der Waals surface area contributed by atoms with E-state index < -0.39 is 0 Å². The molecule has 1 fully saturated rings. The number of hydrogen-bond acceptors (Lipinski definition) is 5. The lowest BCUT2D eigenvalue weighted by Gasteiger charge is -2.21. The van der Waals surface area contributed by atoms with E-state index in [-0.39, 0.29) is 0 Å². The fraction of sp³-hybridized carbons (Fsp3) is 0.615. The molecule has 0 saturated carbocycles. The van der Waals surface area contributed by atoms with Gasteiger partial charge in [0.15, 0.2) is 0 Å². The molecular formula is C13H22N4O. The van der Waals surface area contributed by atoms with Crippen molar-refractivity contribution in [2.45, 2.75) is 25.8 Å². The molecule has 5 nitrogen and oxygen atoms in total. The molecule has 1 aliphatic heterocycles. The highest BCUT2D eigenvalue weighted by molar-refractivity contribution is 5.53. The maximum Gasteiger partial charge on any atom is 0.238 e. The number of ether oxygens (including phenoxy) is 1. The Labute approximate surface area is 108 Å². The van der Waals surface area contributed by atoms with Gasteiger partial charge in [-0.05, 0) is 45.0 Å². The zero-order chi connectivity index (χ0) is 13.0. The minimum atomic E-state index is 0.365. The Kier molecular flexibility index (Phi) is 4.25. The van der Waals surface area contributed by atoms with E-state index in [1.165, 1.54) is 25.9 Å². The first kappa shape index (κ1) is 13.0. The molecule has 0 bridgehead atoms. The molecule has 1 aliphatic rings. The van der Waals surface area contributed by atoms with E-state index in [0.717, 1.165) is 12.4 Å². The predicted octanol–water partition coefficient (Wildman–Crippen LogP) is 1.57. The largest absolute Gasteiger partial charge is 0.479 e. The average Bonchev–Trinajstić information content (AvgIpc) is 2.84. The Bertz CT molecular complexity index is 391. The van der Waals surface area contributed by atoms with E-state index in [1.54, 1.807) is 7.11 Å². The van der Waals surface area contributed by atoms with E-state index >= 15 is 0 Å². The van der Waals surface area contributed by atoms with Crippen molar-refractivity contribution in [3.05, 3.63) is 12.1 Å². The summed E-state index contributed by atoms with van der Waals surface area (Å²) >= 11 is 0.